The highest BCUT2D eigenvalue weighted by molar-refractivity contribution is 7.80. The molecule has 1 aromatic carbocycles. The van der Waals surface area contributed by atoms with Gasteiger partial charge in [-0.2, -0.15) is 0 Å². The second-order valence-electron chi connectivity index (χ2n) is 5.20. The first-order chi connectivity index (χ1) is 8.37. The average molecular weight is 267 g/mol. The summed E-state index contributed by atoms with van der Waals surface area (Å²) in [6, 6.07) is 8.05. The van der Waals surface area contributed by atoms with Crippen LogP contribution in [0.2, 0.25) is 0 Å². The van der Waals surface area contributed by atoms with Crippen molar-refractivity contribution in [1.82, 2.24) is 5.32 Å². The van der Waals surface area contributed by atoms with E-state index in [0.717, 1.165) is 17.7 Å². The van der Waals surface area contributed by atoms with Crippen molar-refractivity contribution in [3.05, 3.63) is 29.8 Å². The predicted octanol–water partition coefficient (Wildman–Crippen LogP) is 3.43. The Hall–Kier alpha value is -1.16. The number of rotatable bonds is 4. The standard InChI is InChI=1S/C14H21NO2S/c1-14(2,3)17-13(16)15-10-4-5-11-6-8-12(18)9-7-11/h6-9,18H,4-5,10H2,1-3H3,(H,15,16). The van der Waals surface area contributed by atoms with Crippen LogP contribution in [0.15, 0.2) is 29.2 Å². The van der Waals surface area contributed by atoms with Crippen molar-refractivity contribution in [3.8, 4) is 0 Å². The van der Waals surface area contributed by atoms with E-state index in [9.17, 15) is 4.79 Å². The van der Waals surface area contributed by atoms with Crippen molar-refractivity contribution in [1.29, 1.82) is 0 Å². The van der Waals surface area contributed by atoms with Crippen molar-refractivity contribution in [2.24, 2.45) is 0 Å². The molecule has 4 heteroatoms. The summed E-state index contributed by atoms with van der Waals surface area (Å²) in [5, 5.41) is 2.74. The molecule has 18 heavy (non-hydrogen) atoms. The Morgan fingerprint density at radius 1 is 1.28 bits per heavy atom. The summed E-state index contributed by atoms with van der Waals surface area (Å²) < 4.78 is 5.15. The van der Waals surface area contributed by atoms with Crippen LogP contribution in [-0.2, 0) is 11.2 Å². The number of thiol groups is 1. The molecule has 0 aliphatic rings. The zero-order valence-corrected chi connectivity index (χ0v) is 12.1. The van der Waals surface area contributed by atoms with E-state index in [2.05, 4.69) is 30.1 Å². The molecule has 0 unspecified atom stereocenters. The smallest absolute Gasteiger partial charge is 0.407 e. The highest BCUT2D eigenvalue weighted by Gasteiger charge is 2.15. The van der Waals surface area contributed by atoms with Gasteiger partial charge in [0, 0.05) is 11.4 Å². The van der Waals surface area contributed by atoms with Crippen LogP contribution >= 0.6 is 12.6 Å². The molecule has 0 atom stereocenters. The van der Waals surface area contributed by atoms with E-state index in [1.165, 1.54) is 5.56 Å². The Labute approximate surface area is 114 Å². The van der Waals surface area contributed by atoms with Gasteiger partial charge in [-0.3, -0.25) is 0 Å². The number of alkyl carbamates (subject to hydrolysis) is 1. The molecule has 0 heterocycles. The summed E-state index contributed by atoms with van der Waals surface area (Å²) in [6.07, 6.45) is 1.47. The Morgan fingerprint density at radius 3 is 2.44 bits per heavy atom. The van der Waals surface area contributed by atoms with Gasteiger partial charge < -0.3 is 10.1 Å². The largest absolute Gasteiger partial charge is 0.444 e. The van der Waals surface area contributed by atoms with E-state index in [-0.39, 0.29) is 6.09 Å². The first-order valence-electron chi connectivity index (χ1n) is 6.11. The van der Waals surface area contributed by atoms with E-state index in [1.807, 2.05) is 32.9 Å². The van der Waals surface area contributed by atoms with Gasteiger partial charge in [0.15, 0.2) is 0 Å². The monoisotopic (exact) mass is 267 g/mol. The molecule has 0 radical (unpaired) electrons. The van der Waals surface area contributed by atoms with Crippen molar-refractivity contribution < 1.29 is 9.53 Å². The summed E-state index contributed by atoms with van der Waals surface area (Å²) >= 11 is 4.23. The molecule has 0 spiro atoms. The molecular formula is C14H21NO2S. The Balaban J connectivity index is 2.19. The van der Waals surface area contributed by atoms with Gasteiger partial charge >= 0.3 is 6.09 Å². The number of carbonyl (C=O) groups excluding carboxylic acids is 1. The van der Waals surface area contributed by atoms with Gasteiger partial charge in [0.05, 0.1) is 0 Å². The molecule has 100 valence electrons. The van der Waals surface area contributed by atoms with Crippen LogP contribution in [-0.4, -0.2) is 18.2 Å². The average Bonchev–Trinajstić information content (AvgIpc) is 2.24. The molecule has 0 fully saturated rings. The predicted molar refractivity (Wildman–Crippen MR) is 76.3 cm³/mol. The number of carbonyl (C=O) groups is 1. The maximum Gasteiger partial charge on any atom is 0.407 e. The minimum atomic E-state index is -0.438. The number of nitrogens with one attached hydrogen (secondary N) is 1. The molecule has 0 aliphatic carbocycles. The fourth-order valence-corrected chi connectivity index (χ4v) is 1.61. The molecule has 0 aliphatic heterocycles. The van der Waals surface area contributed by atoms with Crippen LogP contribution in [0.25, 0.3) is 0 Å². The molecule has 3 nitrogen and oxygen atoms in total. The lowest BCUT2D eigenvalue weighted by molar-refractivity contribution is 0.0527. The van der Waals surface area contributed by atoms with E-state index in [1.54, 1.807) is 0 Å². The van der Waals surface area contributed by atoms with Gasteiger partial charge in [-0.1, -0.05) is 12.1 Å². The van der Waals surface area contributed by atoms with Gasteiger partial charge in [0.2, 0.25) is 0 Å². The maximum atomic E-state index is 11.4. The van der Waals surface area contributed by atoms with Crippen LogP contribution in [0.1, 0.15) is 32.8 Å². The number of hydrogen-bond donors (Lipinski definition) is 2. The van der Waals surface area contributed by atoms with Crippen LogP contribution in [0.4, 0.5) is 4.79 Å². The van der Waals surface area contributed by atoms with Gasteiger partial charge in [0.25, 0.3) is 0 Å². The Bertz CT molecular complexity index is 382. The fraction of sp³-hybridized carbons (Fsp3) is 0.500. The van der Waals surface area contributed by atoms with Gasteiger partial charge in [-0.25, -0.2) is 4.79 Å². The first-order valence-corrected chi connectivity index (χ1v) is 6.56. The van der Waals surface area contributed by atoms with E-state index >= 15 is 0 Å². The third kappa shape index (κ3) is 6.55. The van der Waals surface area contributed by atoms with E-state index in [4.69, 9.17) is 4.74 Å². The lowest BCUT2D eigenvalue weighted by Crippen LogP contribution is -2.33. The second-order valence-corrected chi connectivity index (χ2v) is 5.72. The third-order valence-corrected chi connectivity index (χ3v) is 2.54. The molecule has 0 saturated heterocycles. The fourth-order valence-electron chi connectivity index (χ4n) is 1.46. The number of hydrogen-bond acceptors (Lipinski definition) is 3. The molecule has 1 N–H and O–H groups in total. The van der Waals surface area contributed by atoms with Crippen LogP contribution in [0, 0.1) is 0 Å². The minimum absolute atomic E-state index is 0.354. The zero-order chi connectivity index (χ0) is 13.6. The lowest BCUT2D eigenvalue weighted by atomic mass is 10.1. The van der Waals surface area contributed by atoms with Gasteiger partial charge in [-0.05, 0) is 51.3 Å². The van der Waals surface area contributed by atoms with Crippen LogP contribution in [0.3, 0.4) is 0 Å². The summed E-state index contributed by atoms with van der Waals surface area (Å²) in [7, 11) is 0. The molecule has 0 bridgehead atoms. The normalized spacial score (nSPS) is 11.1. The number of amides is 1. The van der Waals surface area contributed by atoms with Crippen molar-refractivity contribution >= 4 is 18.7 Å². The van der Waals surface area contributed by atoms with Crippen molar-refractivity contribution in [3.63, 3.8) is 0 Å². The van der Waals surface area contributed by atoms with E-state index < -0.39 is 5.60 Å². The first kappa shape index (κ1) is 14.9. The minimum Gasteiger partial charge on any atom is -0.444 e. The molecule has 0 saturated carbocycles. The highest BCUT2D eigenvalue weighted by atomic mass is 32.1. The summed E-state index contributed by atoms with van der Waals surface area (Å²) in [5.74, 6) is 0. The quantitative estimate of drug-likeness (QED) is 0.648. The maximum absolute atomic E-state index is 11.4. The SMILES string of the molecule is CC(C)(C)OC(=O)NCCCc1ccc(S)cc1. The number of aryl methyl sites for hydroxylation is 1. The molecule has 1 rings (SSSR count). The van der Waals surface area contributed by atoms with Gasteiger partial charge in [-0.15, -0.1) is 12.6 Å². The van der Waals surface area contributed by atoms with Crippen molar-refractivity contribution in [2.45, 2.75) is 44.1 Å². The second kappa shape index (κ2) is 6.69. The van der Waals surface area contributed by atoms with Crippen LogP contribution in [0.5, 0.6) is 0 Å². The Kier molecular flexibility index (Phi) is 5.54. The molecule has 1 aromatic rings. The summed E-state index contributed by atoms with van der Waals surface area (Å²) in [4.78, 5) is 12.3. The lowest BCUT2D eigenvalue weighted by Gasteiger charge is -2.19. The zero-order valence-electron chi connectivity index (χ0n) is 11.2. The molecule has 1 amide bonds. The number of ether oxygens (including phenoxy) is 1. The molecular weight excluding hydrogens is 246 g/mol. The summed E-state index contributed by atoms with van der Waals surface area (Å²) in [5.41, 5.74) is 0.811. The Morgan fingerprint density at radius 2 is 1.89 bits per heavy atom. The van der Waals surface area contributed by atoms with E-state index in [0.29, 0.717) is 6.54 Å². The molecule has 0 aromatic heterocycles. The van der Waals surface area contributed by atoms with Crippen molar-refractivity contribution in [2.75, 3.05) is 6.54 Å². The topological polar surface area (TPSA) is 38.3 Å². The van der Waals surface area contributed by atoms with Crippen LogP contribution < -0.4 is 5.32 Å². The third-order valence-electron chi connectivity index (χ3n) is 2.25. The highest BCUT2D eigenvalue weighted by Crippen LogP contribution is 2.09. The van der Waals surface area contributed by atoms with Gasteiger partial charge in [0.1, 0.15) is 5.60 Å². The summed E-state index contributed by atoms with van der Waals surface area (Å²) in [6.45, 7) is 6.18. The number of benzene rings is 1.